The summed E-state index contributed by atoms with van der Waals surface area (Å²) in [5.74, 6) is 0.579. The van der Waals surface area contributed by atoms with E-state index in [4.69, 9.17) is 5.73 Å². The zero-order valence-electron chi connectivity index (χ0n) is 8.54. The van der Waals surface area contributed by atoms with E-state index >= 15 is 0 Å². The maximum atomic E-state index is 5.73. The smallest absolute Gasteiger partial charge is 0.126 e. The third kappa shape index (κ3) is 2.36. The molecule has 0 bridgehead atoms. The van der Waals surface area contributed by atoms with Crippen molar-refractivity contribution < 1.29 is 0 Å². The maximum absolute atomic E-state index is 5.73. The Balaban J connectivity index is 3.14. The van der Waals surface area contributed by atoms with Crippen molar-refractivity contribution in [2.75, 3.05) is 5.73 Å². The molecule has 0 aliphatic heterocycles. The Hall–Kier alpha value is -1.77. The molecule has 0 fully saturated rings. The summed E-state index contributed by atoms with van der Waals surface area (Å²) < 4.78 is 0. The molecule has 0 aliphatic carbocycles. The number of rotatable bonds is 3. The number of nitrogens with two attached hydrogens (primary N) is 1. The molecule has 0 aromatic carbocycles. The second-order valence-corrected chi connectivity index (χ2v) is 3.28. The highest BCUT2D eigenvalue weighted by molar-refractivity contribution is 5.80. The maximum Gasteiger partial charge on any atom is 0.126 e. The molecule has 1 aromatic rings. The van der Waals surface area contributed by atoms with Gasteiger partial charge in [0.15, 0.2) is 0 Å². The van der Waals surface area contributed by atoms with Crippen LogP contribution in [0, 0.1) is 0 Å². The van der Waals surface area contributed by atoms with Crippen LogP contribution in [0.4, 0.5) is 5.82 Å². The van der Waals surface area contributed by atoms with E-state index in [1.165, 1.54) is 5.57 Å². The van der Waals surface area contributed by atoms with Gasteiger partial charge in [0.05, 0.1) is 6.20 Å². The molecule has 0 unspecified atom stereocenters. The summed E-state index contributed by atoms with van der Waals surface area (Å²) in [7, 11) is 0. The van der Waals surface area contributed by atoms with Gasteiger partial charge in [-0.1, -0.05) is 30.4 Å². The minimum atomic E-state index is 0.579. The van der Waals surface area contributed by atoms with E-state index in [1.54, 1.807) is 12.3 Å². The molecule has 1 aromatic heterocycles. The largest absolute Gasteiger partial charge is 0.384 e. The number of aromatic nitrogens is 2. The van der Waals surface area contributed by atoms with E-state index in [-0.39, 0.29) is 0 Å². The summed E-state index contributed by atoms with van der Waals surface area (Å²) in [5, 5.41) is 6.58. The first-order valence-electron chi connectivity index (χ1n) is 4.42. The molecule has 14 heavy (non-hydrogen) atoms. The van der Waals surface area contributed by atoms with Crippen molar-refractivity contribution in [1.82, 2.24) is 10.2 Å². The van der Waals surface area contributed by atoms with E-state index in [1.807, 2.05) is 26.0 Å². The van der Waals surface area contributed by atoms with Gasteiger partial charge in [0.1, 0.15) is 5.82 Å². The highest BCUT2D eigenvalue weighted by atomic mass is 15.1. The van der Waals surface area contributed by atoms with E-state index < -0.39 is 0 Å². The second kappa shape index (κ2) is 4.46. The number of nitrogens with one attached hydrogen (secondary N) is 1. The van der Waals surface area contributed by atoms with E-state index in [0.717, 1.165) is 11.1 Å². The number of nitrogens with zero attached hydrogens (tertiary/aromatic N) is 1. The fourth-order valence-electron chi connectivity index (χ4n) is 1.18. The Labute approximate surface area is 84.0 Å². The fourth-order valence-corrected chi connectivity index (χ4v) is 1.18. The predicted molar refractivity (Wildman–Crippen MR) is 60.6 cm³/mol. The van der Waals surface area contributed by atoms with E-state index in [2.05, 4.69) is 16.8 Å². The van der Waals surface area contributed by atoms with Gasteiger partial charge >= 0.3 is 0 Å². The van der Waals surface area contributed by atoms with Gasteiger partial charge in [-0.2, -0.15) is 5.10 Å². The third-order valence-electron chi connectivity index (χ3n) is 1.72. The number of hydrogen-bond donors (Lipinski definition) is 2. The van der Waals surface area contributed by atoms with Crippen LogP contribution >= 0.6 is 0 Å². The van der Waals surface area contributed by atoms with Crippen LogP contribution in [-0.2, 0) is 0 Å². The first-order valence-corrected chi connectivity index (χ1v) is 4.42. The van der Waals surface area contributed by atoms with Crippen molar-refractivity contribution in [3.05, 3.63) is 42.1 Å². The zero-order chi connectivity index (χ0) is 10.6. The molecule has 1 rings (SSSR count). The molecule has 0 saturated heterocycles. The van der Waals surface area contributed by atoms with Crippen LogP contribution < -0.4 is 5.73 Å². The third-order valence-corrected chi connectivity index (χ3v) is 1.72. The summed E-state index contributed by atoms with van der Waals surface area (Å²) >= 11 is 0. The van der Waals surface area contributed by atoms with Crippen LogP contribution in [0.2, 0.25) is 0 Å². The van der Waals surface area contributed by atoms with Crippen molar-refractivity contribution in [2.45, 2.75) is 13.8 Å². The SMILES string of the molecule is C=C/C=C(\C=C(C)C)c1cn[nH]c1N. The van der Waals surface area contributed by atoms with Gasteiger partial charge in [-0.05, 0) is 19.4 Å². The second-order valence-electron chi connectivity index (χ2n) is 3.28. The number of hydrogen-bond acceptors (Lipinski definition) is 2. The Kier molecular flexibility index (Phi) is 3.29. The lowest BCUT2D eigenvalue weighted by atomic mass is 10.1. The molecule has 3 nitrogen and oxygen atoms in total. The Morgan fingerprint density at radius 1 is 1.57 bits per heavy atom. The van der Waals surface area contributed by atoms with Crippen molar-refractivity contribution >= 4 is 11.4 Å². The molecule has 0 atom stereocenters. The molecule has 0 spiro atoms. The first kappa shape index (κ1) is 10.3. The number of anilines is 1. The molecular weight excluding hydrogens is 174 g/mol. The normalized spacial score (nSPS) is 11.1. The molecule has 0 radical (unpaired) electrons. The minimum absolute atomic E-state index is 0.579. The van der Waals surface area contributed by atoms with Crippen molar-refractivity contribution in [3.8, 4) is 0 Å². The zero-order valence-corrected chi connectivity index (χ0v) is 8.54. The van der Waals surface area contributed by atoms with Gasteiger partial charge < -0.3 is 5.73 Å². The topological polar surface area (TPSA) is 54.7 Å². The molecule has 3 N–H and O–H groups in total. The minimum Gasteiger partial charge on any atom is -0.384 e. The summed E-state index contributed by atoms with van der Waals surface area (Å²) in [6.45, 7) is 7.74. The van der Waals surface area contributed by atoms with Crippen molar-refractivity contribution in [2.24, 2.45) is 0 Å². The predicted octanol–water partition coefficient (Wildman–Crippen LogP) is 2.53. The van der Waals surface area contributed by atoms with Crippen LogP contribution in [0.15, 0.2) is 36.6 Å². The molecule has 0 aliphatic rings. The monoisotopic (exact) mass is 189 g/mol. The lowest BCUT2D eigenvalue weighted by Crippen LogP contribution is -1.90. The van der Waals surface area contributed by atoms with Gasteiger partial charge in [-0.3, -0.25) is 5.10 Å². The van der Waals surface area contributed by atoms with Crippen LogP contribution in [0.25, 0.3) is 5.57 Å². The van der Waals surface area contributed by atoms with Crippen molar-refractivity contribution in [1.29, 1.82) is 0 Å². The Morgan fingerprint density at radius 2 is 2.29 bits per heavy atom. The van der Waals surface area contributed by atoms with Gasteiger partial charge in [0, 0.05) is 5.56 Å². The van der Waals surface area contributed by atoms with E-state index in [9.17, 15) is 0 Å². The van der Waals surface area contributed by atoms with Crippen LogP contribution in [0.3, 0.4) is 0 Å². The van der Waals surface area contributed by atoms with Gasteiger partial charge in [0.2, 0.25) is 0 Å². The number of nitrogen functional groups attached to an aromatic ring is 1. The molecule has 0 saturated carbocycles. The molecular formula is C11H15N3. The summed E-state index contributed by atoms with van der Waals surface area (Å²) in [5.41, 5.74) is 8.86. The molecule has 74 valence electrons. The molecule has 1 heterocycles. The summed E-state index contributed by atoms with van der Waals surface area (Å²) in [6, 6.07) is 0. The quantitative estimate of drug-likeness (QED) is 0.718. The molecule has 3 heteroatoms. The van der Waals surface area contributed by atoms with E-state index in [0.29, 0.717) is 5.82 Å². The van der Waals surface area contributed by atoms with Gasteiger partial charge in [0.25, 0.3) is 0 Å². The van der Waals surface area contributed by atoms with Crippen LogP contribution in [0.5, 0.6) is 0 Å². The van der Waals surface area contributed by atoms with Crippen LogP contribution in [0.1, 0.15) is 19.4 Å². The van der Waals surface area contributed by atoms with Gasteiger partial charge in [-0.25, -0.2) is 0 Å². The van der Waals surface area contributed by atoms with Crippen molar-refractivity contribution in [3.63, 3.8) is 0 Å². The van der Waals surface area contributed by atoms with Gasteiger partial charge in [-0.15, -0.1) is 0 Å². The fraction of sp³-hybridized carbons (Fsp3) is 0.182. The number of H-pyrrole nitrogens is 1. The highest BCUT2D eigenvalue weighted by Crippen LogP contribution is 2.21. The van der Waals surface area contributed by atoms with Crippen LogP contribution in [-0.4, -0.2) is 10.2 Å². The highest BCUT2D eigenvalue weighted by Gasteiger charge is 2.04. The standard InChI is InChI=1S/C11H15N3/c1-4-5-9(6-8(2)3)10-7-13-14-11(10)12/h4-7H,1H2,2-3H3,(H3,12,13,14)/b9-5+. The summed E-state index contributed by atoms with van der Waals surface area (Å²) in [4.78, 5) is 0. The Morgan fingerprint density at radius 3 is 2.71 bits per heavy atom. The average molecular weight is 189 g/mol. The number of aromatic amines is 1. The Bertz CT molecular complexity index is 379. The summed E-state index contributed by atoms with van der Waals surface area (Å²) in [6.07, 6.45) is 7.41. The lowest BCUT2D eigenvalue weighted by Gasteiger charge is -2.00. The first-order chi connectivity index (χ1) is 6.65. The lowest BCUT2D eigenvalue weighted by molar-refractivity contribution is 1.10. The number of allylic oxidation sites excluding steroid dienone is 5. The average Bonchev–Trinajstić information content (AvgIpc) is 2.50. The molecule has 0 amide bonds.